The highest BCUT2D eigenvalue weighted by atomic mass is 35.5. The van der Waals surface area contributed by atoms with Crippen molar-refractivity contribution in [3.8, 4) is 0 Å². The molecule has 35 heavy (non-hydrogen) atoms. The standard InChI is InChI=1S/C25H21ClN8O/c26-20-13-11-19(12-14-20)24(35)28-25(27-15-22-29-32-33-30-22)34-16-21(17-7-3-1-4-8-17)23(31-34)18-9-5-2-6-10-18/h1-14,21H,15-16H2,(H,27,28,35)(H,29,30,32,33). The summed E-state index contributed by atoms with van der Waals surface area (Å²) in [6.45, 7) is 0.621. The van der Waals surface area contributed by atoms with Gasteiger partial charge in [0.05, 0.1) is 12.3 Å². The average molecular weight is 485 g/mol. The van der Waals surface area contributed by atoms with Gasteiger partial charge in [-0.1, -0.05) is 77.5 Å². The highest BCUT2D eigenvalue weighted by Gasteiger charge is 2.32. The molecule has 1 atom stereocenters. The SMILES string of the molecule is O=C(NC(=NCc1nn[nH]n1)N1CC(c2ccccc2)C(c2ccccc2)=N1)c1ccc(Cl)cc1. The zero-order valence-corrected chi connectivity index (χ0v) is 19.3. The number of benzene rings is 3. The van der Waals surface area contributed by atoms with E-state index >= 15 is 0 Å². The van der Waals surface area contributed by atoms with Crippen molar-refractivity contribution in [2.45, 2.75) is 12.5 Å². The van der Waals surface area contributed by atoms with Gasteiger partial charge in [-0.25, -0.2) is 10.0 Å². The van der Waals surface area contributed by atoms with Crippen LogP contribution in [0, 0.1) is 0 Å². The first-order valence-corrected chi connectivity index (χ1v) is 11.4. The lowest BCUT2D eigenvalue weighted by Gasteiger charge is -2.19. The average Bonchev–Trinajstić information content (AvgIpc) is 3.58. The summed E-state index contributed by atoms with van der Waals surface area (Å²) in [5.74, 6) is 0.352. The van der Waals surface area contributed by atoms with Crippen molar-refractivity contribution in [1.29, 1.82) is 0 Å². The molecule has 0 saturated carbocycles. The number of hydrazone groups is 1. The Kier molecular flexibility index (Phi) is 6.58. The molecule has 0 spiro atoms. The van der Waals surface area contributed by atoms with Crippen molar-refractivity contribution in [3.63, 3.8) is 0 Å². The van der Waals surface area contributed by atoms with Crippen molar-refractivity contribution >= 4 is 29.2 Å². The summed E-state index contributed by atoms with van der Waals surface area (Å²) in [7, 11) is 0. The second-order valence-corrected chi connectivity index (χ2v) is 8.26. The van der Waals surface area contributed by atoms with Crippen molar-refractivity contribution in [2.75, 3.05) is 6.54 Å². The second-order valence-electron chi connectivity index (χ2n) is 7.83. The molecule has 4 aromatic rings. The van der Waals surface area contributed by atoms with E-state index in [0.29, 0.717) is 28.9 Å². The fourth-order valence-corrected chi connectivity index (χ4v) is 3.93. The minimum Gasteiger partial charge on any atom is -0.291 e. The minimum atomic E-state index is -0.326. The summed E-state index contributed by atoms with van der Waals surface area (Å²) >= 11 is 5.98. The van der Waals surface area contributed by atoms with Crippen LogP contribution in [0.3, 0.4) is 0 Å². The lowest BCUT2D eigenvalue weighted by atomic mass is 9.91. The lowest BCUT2D eigenvalue weighted by molar-refractivity contribution is 0.0972. The highest BCUT2D eigenvalue weighted by molar-refractivity contribution is 6.30. The molecule has 1 unspecified atom stereocenters. The minimum absolute atomic E-state index is 0.0126. The van der Waals surface area contributed by atoms with Crippen molar-refractivity contribution < 1.29 is 4.79 Å². The van der Waals surface area contributed by atoms with Crippen LogP contribution < -0.4 is 5.32 Å². The third-order valence-electron chi connectivity index (χ3n) is 5.52. The monoisotopic (exact) mass is 484 g/mol. The highest BCUT2D eigenvalue weighted by Crippen LogP contribution is 2.29. The molecule has 0 bridgehead atoms. The largest absolute Gasteiger partial charge is 0.291 e. The Hall–Kier alpha value is -4.37. The molecule has 10 heteroatoms. The summed E-state index contributed by atoms with van der Waals surface area (Å²) in [5.41, 5.74) is 3.47. The fraction of sp³-hybridized carbons (Fsp3) is 0.120. The normalized spacial score (nSPS) is 15.7. The number of amides is 1. The summed E-state index contributed by atoms with van der Waals surface area (Å²) in [4.78, 5) is 17.6. The van der Waals surface area contributed by atoms with Crippen molar-refractivity contribution in [2.24, 2.45) is 10.1 Å². The van der Waals surface area contributed by atoms with Gasteiger partial charge in [0.15, 0.2) is 5.82 Å². The predicted octanol–water partition coefficient (Wildman–Crippen LogP) is 3.64. The number of carbonyl (C=O) groups excluding carboxylic acids is 1. The maximum Gasteiger partial charge on any atom is 0.258 e. The van der Waals surface area contributed by atoms with E-state index in [-0.39, 0.29) is 18.4 Å². The van der Waals surface area contributed by atoms with Gasteiger partial charge in [0.1, 0.15) is 6.54 Å². The maximum absolute atomic E-state index is 13.0. The number of nitrogens with one attached hydrogen (secondary N) is 2. The predicted molar refractivity (Wildman–Crippen MR) is 133 cm³/mol. The Bertz CT molecular complexity index is 1340. The van der Waals surface area contributed by atoms with E-state index < -0.39 is 0 Å². The smallest absolute Gasteiger partial charge is 0.258 e. The lowest BCUT2D eigenvalue weighted by Crippen LogP contribution is -2.41. The van der Waals surface area contributed by atoms with E-state index in [1.54, 1.807) is 29.3 Å². The van der Waals surface area contributed by atoms with Crippen LogP contribution in [0.2, 0.25) is 5.02 Å². The quantitative estimate of drug-likeness (QED) is 0.332. The number of halogens is 1. The van der Waals surface area contributed by atoms with Crippen molar-refractivity contribution in [1.82, 2.24) is 30.9 Å². The van der Waals surface area contributed by atoms with Crippen LogP contribution in [-0.2, 0) is 6.54 Å². The third kappa shape index (κ3) is 5.25. The van der Waals surface area contributed by atoms with Crippen LogP contribution in [0.25, 0.3) is 0 Å². The molecule has 1 aliphatic rings. The molecule has 3 aromatic carbocycles. The van der Waals surface area contributed by atoms with Gasteiger partial charge in [-0.15, -0.1) is 10.2 Å². The summed E-state index contributed by atoms with van der Waals surface area (Å²) < 4.78 is 0. The molecule has 1 aromatic heterocycles. The number of carbonyl (C=O) groups is 1. The number of aromatic nitrogens is 4. The molecule has 0 aliphatic carbocycles. The number of tetrazole rings is 1. The van der Waals surface area contributed by atoms with Crippen LogP contribution >= 0.6 is 11.6 Å². The van der Waals surface area contributed by atoms with Gasteiger partial charge in [0.25, 0.3) is 5.91 Å². The molecule has 0 radical (unpaired) electrons. The fourth-order valence-electron chi connectivity index (χ4n) is 3.81. The van der Waals surface area contributed by atoms with Gasteiger partial charge < -0.3 is 0 Å². The Labute approximate surface area is 206 Å². The number of H-pyrrole nitrogens is 1. The molecule has 2 N–H and O–H groups in total. The third-order valence-corrected chi connectivity index (χ3v) is 5.77. The molecular formula is C25H21ClN8O. The van der Waals surface area contributed by atoms with Gasteiger partial charge >= 0.3 is 0 Å². The maximum atomic E-state index is 13.0. The van der Waals surface area contributed by atoms with E-state index in [1.165, 1.54) is 0 Å². The zero-order chi connectivity index (χ0) is 24.0. The van der Waals surface area contributed by atoms with Crippen LogP contribution in [0.15, 0.2) is 95.0 Å². The Balaban J connectivity index is 1.49. The summed E-state index contributed by atoms with van der Waals surface area (Å²) in [6, 6.07) is 26.8. The molecule has 5 rings (SSSR count). The molecule has 1 amide bonds. The van der Waals surface area contributed by atoms with E-state index in [1.807, 2.05) is 48.5 Å². The molecular weight excluding hydrogens is 464 g/mol. The number of aromatic amines is 1. The second kappa shape index (κ2) is 10.3. The molecule has 174 valence electrons. The van der Waals surface area contributed by atoms with Crippen LogP contribution in [0.4, 0.5) is 0 Å². The number of nitrogens with zero attached hydrogens (tertiary/aromatic N) is 6. The van der Waals surface area contributed by atoms with Gasteiger partial charge in [0, 0.05) is 16.5 Å². The van der Waals surface area contributed by atoms with Gasteiger partial charge in [0.2, 0.25) is 5.96 Å². The number of aliphatic imine (C=N–C) groups is 1. The number of rotatable bonds is 5. The molecule has 1 aliphatic heterocycles. The van der Waals surface area contributed by atoms with E-state index in [9.17, 15) is 4.79 Å². The van der Waals surface area contributed by atoms with E-state index in [0.717, 1.165) is 16.8 Å². The Morgan fingerprint density at radius 3 is 2.43 bits per heavy atom. The molecule has 2 heterocycles. The summed E-state index contributed by atoms with van der Waals surface area (Å²) in [6.07, 6.45) is 0. The molecule has 9 nitrogen and oxygen atoms in total. The molecule has 0 fully saturated rings. The van der Waals surface area contributed by atoms with Crippen molar-refractivity contribution in [3.05, 3.63) is 112 Å². The van der Waals surface area contributed by atoms with Gasteiger partial charge in [-0.2, -0.15) is 10.3 Å². The topological polar surface area (TPSA) is 112 Å². The van der Waals surface area contributed by atoms with Gasteiger partial charge in [-0.3, -0.25) is 10.1 Å². The van der Waals surface area contributed by atoms with Gasteiger partial charge in [-0.05, 0) is 35.4 Å². The first-order valence-electron chi connectivity index (χ1n) is 11.0. The first kappa shape index (κ1) is 22.4. The van der Waals surface area contributed by atoms with E-state index in [4.69, 9.17) is 16.7 Å². The van der Waals surface area contributed by atoms with Crippen LogP contribution in [-0.4, -0.2) is 49.8 Å². The van der Waals surface area contributed by atoms with E-state index in [2.05, 4.69) is 43.1 Å². The summed E-state index contributed by atoms with van der Waals surface area (Å²) in [5, 5.41) is 23.9. The van der Waals surface area contributed by atoms with Crippen LogP contribution in [0.5, 0.6) is 0 Å². The Morgan fingerprint density at radius 1 is 1.03 bits per heavy atom. The number of hydrogen-bond donors (Lipinski definition) is 2. The molecule has 0 saturated heterocycles. The number of guanidine groups is 1. The van der Waals surface area contributed by atoms with Crippen LogP contribution in [0.1, 0.15) is 33.2 Å². The zero-order valence-electron chi connectivity index (χ0n) is 18.5. The first-order chi connectivity index (χ1) is 17.2. The Morgan fingerprint density at radius 2 is 1.74 bits per heavy atom. The number of hydrogen-bond acceptors (Lipinski definition) is 6.